The molecule has 4 heteroatoms. The molecule has 0 fully saturated rings. The molecule has 76 valence electrons. The molecule has 1 aromatic rings. The van der Waals surface area contributed by atoms with Crippen molar-refractivity contribution in [3.8, 4) is 0 Å². The van der Waals surface area contributed by atoms with Crippen LogP contribution in [0.25, 0.3) is 0 Å². The van der Waals surface area contributed by atoms with Gasteiger partial charge in [0.25, 0.3) is 0 Å². The van der Waals surface area contributed by atoms with Crippen molar-refractivity contribution in [3.05, 3.63) is 28.8 Å². The lowest BCUT2D eigenvalue weighted by Crippen LogP contribution is -2.00. The molecule has 0 heterocycles. The minimum atomic E-state index is -0.856. The zero-order valence-electron chi connectivity index (χ0n) is 7.79. The second kappa shape index (κ2) is 5.27. The van der Waals surface area contributed by atoms with Crippen molar-refractivity contribution in [1.82, 2.24) is 0 Å². The highest BCUT2D eigenvalue weighted by molar-refractivity contribution is 7.99. The monoisotopic (exact) mass is 230 g/mol. The van der Waals surface area contributed by atoms with Crippen molar-refractivity contribution >= 4 is 29.3 Å². The van der Waals surface area contributed by atoms with E-state index in [0.29, 0.717) is 10.6 Å². The van der Waals surface area contributed by atoms with E-state index < -0.39 is 5.97 Å². The summed E-state index contributed by atoms with van der Waals surface area (Å²) in [5.74, 6) is 0.0709. The van der Waals surface area contributed by atoms with Gasteiger partial charge in [0.1, 0.15) is 0 Å². The van der Waals surface area contributed by atoms with Crippen LogP contribution < -0.4 is 0 Å². The third-order valence-corrected chi connectivity index (χ3v) is 3.18. The molecule has 1 rings (SSSR count). The van der Waals surface area contributed by atoms with Gasteiger partial charge in [-0.2, -0.15) is 0 Å². The van der Waals surface area contributed by atoms with Gasteiger partial charge in [0, 0.05) is 4.90 Å². The van der Waals surface area contributed by atoms with Gasteiger partial charge in [0.05, 0.1) is 11.4 Å². The number of carboxylic acids is 1. The van der Waals surface area contributed by atoms with E-state index in [0.717, 1.165) is 10.6 Å². The third kappa shape index (κ3) is 2.93. The van der Waals surface area contributed by atoms with E-state index in [9.17, 15) is 4.79 Å². The number of aliphatic carboxylic acids is 1. The lowest BCUT2D eigenvalue weighted by atomic mass is 10.1. The third-order valence-electron chi connectivity index (χ3n) is 1.68. The summed E-state index contributed by atoms with van der Waals surface area (Å²) in [4.78, 5) is 11.5. The molecule has 14 heavy (non-hydrogen) atoms. The molecule has 0 bridgehead atoms. The summed E-state index contributed by atoms with van der Waals surface area (Å²) in [6, 6.07) is 5.49. The quantitative estimate of drug-likeness (QED) is 0.808. The lowest BCUT2D eigenvalue weighted by Gasteiger charge is -2.06. The molecule has 0 aromatic heterocycles. The SMILES string of the molecule is CCSc1cccc(CC(=O)O)c1Cl. The van der Waals surface area contributed by atoms with Crippen LogP contribution in [0, 0.1) is 0 Å². The Morgan fingerprint density at radius 2 is 2.29 bits per heavy atom. The van der Waals surface area contributed by atoms with Gasteiger partial charge in [0.2, 0.25) is 0 Å². The summed E-state index contributed by atoms with van der Waals surface area (Å²) >= 11 is 7.67. The molecule has 0 saturated carbocycles. The van der Waals surface area contributed by atoms with Gasteiger partial charge in [-0.15, -0.1) is 11.8 Å². The summed E-state index contributed by atoms with van der Waals surface area (Å²) in [7, 11) is 0. The van der Waals surface area contributed by atoms with Crippen LogP contribution >= 0.6 is 23.4 Å². The Bertz CT molecular complexity index is 339. The number of carboxylic acid groups (broad SMARTS) is 1. The van der Waals surface area contributed by atoms with Gasteiger partial charge in [-0.3, -0.25) is 4.79 Å². The minimum Gasteiger partial charge on any atom is -0.481 e. The molecule has 0 radical (unpaired) electrons. The van der Waals surface area contributed by atoms with E-state index in [2.05, 4.69) is 0 Å². The van der Waals surface area contributed by atoms with E-state index in [1.54, 1.807) is 17.8 Å². The van der Waals surface area contributed by atoms with Gasteiger partial charge in [0.15, 0.2) is 0 Å². The molecule has 0 atom stereocenters. The maximum atomic E-state index is 10.5. The Balaban J connectivity index is 2.94. The largest absolute Gasteiger partial charge is 0.481 e. The van der Waals surface area contributed by atoms with Crippen molar-refractivity contribution in [3.63, 3.8) is 0 Å². The van der Waals surface area contributed by atoms with Gasteiger partial charge < -0.3 is 5.11 Å². The average Bonchev–Trinajstić information content (AvgIpc) is 2.11. The van der Waals surface area contributed by atoms with Crippen LogP contribution in [0.15, 0.2) is 23.1 Å². The van der Waals surface area contributed by atoms with E-state index in [1.807, 2.05) is 19.1 Å². The van der Waals surface area contributed by atoms with Gasteiger partial charge in [-0.25, -0.2) is 0 Å². The summed E-state index contributed by atoms with van der Waals surface area (Å²) in [6.07, 6.45) is -0.0169. The fourth-order valence-electron chi connectivity index (χ4n) is 1.12. The molecule has 1 aromatic carbocycles. The molecule has 1 N–H and O–H groups in total. The topological polar surface area (TPSA) is 37.3 Å². The summed E-state index contributed by atoms with van der Waals surface area (Å²) in [5, 5.41) is 9.22. The number of halogens is 1. The predicted molar refractivity (Wildman–Crippen MR) is 59.2 cm³/mol. The summed E-state index contributed by atoms with van der Waals surface area (Å²) < 4.78 is 0. The highest BCUT2D eigenvalue weighted by Gasteiger charge is 2.08. The second-order valence-corrected chi connectivity index (χ2v) is 4.42. The Morgan fingerprint density at radius 1 is 1.57 bits per heavy atom. The van der Waals surface area contributed by atoms with Crippen LogP contribution in [0.5, 0.6) is 0 Å². The maximum Gasteiger partial charge on any atom is 0.307 e. The number of hydrogen-bond acceptors (Lipinski definition) is 2. The molecule has 0 amide bonds. The molecule has 2 nitrogen and oxygen atoms in total. The Hall–Kier alpha value is -0.670. The lowest BCUT2D eigenvalue weighted by molar-refractivity contribution is -0.136. The number of hydrogen-bond donors (Lipinski definition) is 1. The van der Waals surface area contributed by atoms with E-state index in [1.165, 1.54) is 0 Å². The van der Waals surface area contributed by atoms with E-state index in [4.69, 9.17) is 16.7 Å². The first-order valence-corrected chi connectivity index (χ1v) is 5.63. The number of rotatable bonds is 4. The van der Waals surface area contributed by atoms with Crippen molar-refractivity contribution < 1.29 is 9.90 Å². The Labute approximate surface area is 92.3 Å². The Kier molecular flexibility index (Phi) is 4.29. The first-order chi connectivity index (χ1) is 6.65. The van der Waals surface area contributed by atoms with Gasteiger partial charge >= 0.3 is 5.97 Å². The molecule has 0 aliphatic rings. The fraction of sp³-hybridized carbons (Fsp3) is 0.300. The smallest absolute Gasteiger partial charge is 0.307 e. The summed E-state index contributed by atoms with van der Waals surface area (Å²) in [5.41, 5.74) is 0.678. The molecular formula is C10H11ClO2S. The van der Waals surface area contributed by atoms with Gasteiger partial charge in [-0.05, 0) is 17.4 Å². The first kappa shape index (κ1) is 11.4. The zero-order chi connectivity index (χ0) is 10.6. The molecule has 0 aliphatic heterocycles. The minimum absolute atomic E-state index is 0.0169. The molecule has 0 aliphatic carbocycles. The van der Waals surface area contributed by atoms with Crippen molar-refractivity contribution in [1.29, 1.82) is 0 Å². The normalized spacial score (nSPS) is 10.1. The molecule has 0 unspecified atom stereocenters. The summed E-state index contributed by atoms with van der Waals surface area (Å²) in [6.45, 7) is 2.03. The number of benzene rings is 1. The van der Waals surface area contributed by atoms with Crippen molar-refractivity contribution in [2.75, 3.05) is 5.75 Å². The van der Waals surface area contributed by atoms with E-state index in [-0.39, 0.29) is 6.42 Å². The van der Waals surface area contributed by atoms with Crippen LogP contribution in [-0.2, 0) is 11.2 Å². The van der Waals surface area contributed by atoms with Crippen molar-refractivity contribution in [2.45, 2.75) is 18.2 Å². The standard InChI is InChI=1S/C10H11ClO2S/c1-2-14-8-5-3-4-7(10(8)11)6-9(12)13/h3-5H,2,6H2,1H3,(H,12,13). The van der Waals surface area contributed by atoms with Crippen LogP contribution in [0.3, 0.4) is 0 Å². The highest BCUT2D eigenvalue weighted by atomic mass is 35.5. The fourth-order valence-corrected chi connectivity index (χ4v) is 2.22. The van der Waals surface area contributed by atoms with Gasteiger partial charge in [-0.1, -0.05) is 30.7 Å². The zero-order valence-corrected chi connectivity index (χ0v) is 9.36. The molecule has 0 saturated heterocycles. The highest BCUT2D eigenvalue weighted by Crippen LogP contribution is 2.30. The van der Waals surface area contributed by atoms with Crippen LogP contribution in [0.2, 0.25) is 5.02 Å². The number of carbonyl (C=O) groups is 1. The van der Waals surface area contributed by atoms with Crippen molar-refractivity contribution in [2.24, 2.45) is 0 Å². The Morgan fingerprint density at radius 3 is 2.86 bits per heavy atom. The maximum absolute atomic E-state index is 10.5. The van der Waals surface area contributed by atoms with Crippen LogP contribution in [-0.4, -0.2) is 16.8 Å². The predicted octanol–water partition coefficient (Wildman–Crippen LogP) is 3.08. The molecular weight excluding hydrogens is 220 g/mol. The van der Waals surface area contributed by atoms with E-state index >= 15 is 0 Å². The molecule has 0 spiro atoms. The number of thioether (sulfide) groups is 1. The van der Waals surface area contributed by atoms with Crippen LogP contribution in [0.1, 0.15) is 12.5 Å². The first-order valence-electron chi connectivity index (χ1n) is 4.27. The van der Waals surface area contributed by atoms with Crippen LogP contribution in [0.4, 0.5) is 0 Å². The second-order valence-electron chi connectivity index (χ2n) is 2.73. The average molecular weight is 231 g/mol.